The number of methoxy groups -OCH3 is 2. The molecule has 5 rings (SSSR count). The fourth-order valence-corrected chi connectivity index (χ4v) is 5.17. The van der Waals surface area contributed by atoms with Crippen molar-refractivity contribution in [2.24, 2.45) is 0 Å². The SMILES string of the molecule is COc1cc2c(-c3cc4cccnc4[nH]3)cn(CCCN3CCN(CCOC(=O)C(F)(F)F)CC3)c2cc1OC. The molecule has 1 fully saturated rings. The smallest absolute Gasteiger partial charge is 0.490 e. The Hall–Kier alpha value is -3.77. The van der Waals surface area contributed by atoms with Gasteiger partial charge in [0, 0.05) is 79.8 Å². The van der Waals surface area contributed by atoms with Gasteiger partial charge in [0.2, 0.25) is 0 Å². The first-order valence-corrected chi connectivity index (χ1v) is 13.1. The van der Waals surface area contributed by atoms with E-state index in [1.807, 2.05) is 29.2 Å². The maximum atomic E-state index is 12.3. The van der Waals surface area contributed by atoms with Gasteiger partial charge in [0.1, 0.15) is 12.3 Å². The first-order chi connectivity index (χ1) is 19.3. The first kappa shape index (κ1) is 27.8. The number of piperazine rings is 1. The number of carbonyl (C=O) groups is 1. The maximum Gasteiger partial charge on any atom is 0.490 e. The predicted molar refractivity (Wildman–Crippen MR) is 145 cm³/mol. The van der Waals surface area contributed by atoms with Crippen LogP contribution in [0.4, 0.5) is 13.2 Å². The van der Waals surface area contributed by atoms with Gasteiger partial charge in [0.25, 0.3) is 0 Å². The van der Waals surface area contributed by atoms with Crippen molar-refractivity contribution in [3.63, 3.8) is 0 Å². The summed E-state index contributed by atoms with van der Waals surface area (Å²) in [5.41, 5.74) is 3.89. The van der Waals surface area contributed by atoms with E-state index in [0.717, 1.165) is 65.8 Å². The number of hydrogen-bond acceptors (Lipinski definition) is 7. The van der Waals surface area contributed by atoms with Crippen molar-refractivity contribution in [3.8, 4) is 22.8 Å². The molecule has 0 aliphatic carbocycles. The largest absolute Gasteiger partial charge is 0.493 e. The topological polar surface area (TPSA) is 84.9 Å². The Morgan fingerprint density at radius 3 is 2.38 bits per heavy atom. The Labute approximate surface area is 229 Å². The number of esters is 1. The second-order valence-electron chi connectivity index (χ2n) is 9.76. The number of H-pyrrole nitrogens is 1. The zero-order chi connectivity index (χ0) is 28.3. The van der Waals surface area contributed by atoms with Gasteiger partial charge in [-0.15, -0.1) is 0 Å². The third kappa shape index (κ3) is 6.02. The molecule has 9 nitrogen and oxygen atoms in total. The van der Waals surface area contributed by atoms with E-state index in [4.69, 9.17) is 9.47 Å². The number of aromatic nitrogens is 3. The molecule has 0 unspecified atom stereocenters. The Morgan fingerprint density at radius 1 is 1.00 bits per heavy atom. The Morgan fingerprint density at radius 2 is 1.70 bits per heavy atom. The Kier molecular flexibility index (Phi) is 8.17. The van der Waals surface area contributed by atoms with Crippen LogP contribution in [0.15, 0.2) is 42.7 Å². The molecule has 1 N–H and O–H groups in total. The summed E-state index contributed by atoms with van der Waals surface area (Å²) in [6.45, 7) is 4.74. The molecule has 4 heterocycles. The van der Waals surface area contributed by atoms with Crippen molar-refractivity contribution in [2.45, 2.75) is 19.1 Å². The lowest BCUT2D eigenvalue weighted by molar-refractivity contribution is -0.200. The average molecular weight is 560 g/mol. The molecule has 0 amide bonds. The Bertz CT molecular complexity index is 1440. The number of aryl methyl sites for hydroxylation is 1. The first-order valence-electron chi connectivity index (χ1n) is 13.1. The van der Waals surface area contributed by atoms with E-state index >= 15 is 0 Å². The van der Waals surface area contributed by atoms with Gasteiger partial charge < -0.3 is 28.7 Å². The number of rotatable bonds is 10. The third-order valence-electron chi connectivity index (χ3n) is 7.28. The zero-order valence-electron chi connectivity index (χ0n) is 22.5. The quantitative estimate of drug-likeness (QED) is 0.290. The van der Waals surface area contributed by atoms with Gasteiger partial charge >= 0.3 is 12.1 Å². The second-order valence-corrected chi connectivity index (χ2v) is 9.76. The summed E-state index contributed by atoms with van der Waals surface area (Å²) in [4.78, 5) is 23.1. The average Bonchev–Trinajstić information content (AvgIpc) is 3.53. The van der Waals surface area contributed by atoms with Gasteiger partial charge in [-0.3, -0.25) is 4.90 Å². The van der Waals surface area contributed by atoms with Gasteiger partial charge in [0.15, 0.2) is 11.5 Å². The van der Waals surface area contributed by atoms with Crippen LogP contribution < -0.4 is 9.47 Å². The number of nitrogens with one attached hydrogen (secondary N) is 1. The number of carbonyl (C=O) groups excluding carboxylic acids is 1. The summed E-state index contributed by atoms with van der Waals surface area (Å²) in [6.07, 6.45) is -0.125. The molecule has 0 radical (unpaired) electrons. The molecule has 0 atom stereocenters. The molecule has 1 aliphatic rings. The van der Waals surface area contributed by atoms with Crippen LogP contribution in [0.5, 0.6) is 11.5 Å². The monoisotopic (exact) mass is 559 g/mol. The lowest BCUT2D eigenvalue weighted by atomic mass is 10.1. The highest BCUT2D eigenvalue weighted by Gasteiger charge is 2.40. The van der Waals surface area contributed by atoms with Crippen LogP contribution >= 0.6 is 0 Å². The van der Waals surface area contributed by atoms with Crippen molar-refractivity contribution < 1.29 is 32.2 Å². The van der Waals surface area contributed by atoms with Crippen molar-refractivity contribution in [1.29, 1.82) is 0 Å². The van der Waals surface area contributed by atoms with E-state index in [9.17, 15) is 18.0 Å². The van der Waals surface area contributed by atoms with E-state index < -0.39 is 12.1 Å². The van der Waals surface area contributed by atoms with Crippen LogP contribution in [-0.2, 0) is 16.1 Å². The Balaban J connectivity index is 1.23. The standard InChI is InChI=1S/C28H32F3N5O4/c1-38-24-16-20-21(22-15-19-5-3-6-32-26(19)33-22)18-36(23(20)17-25(24)39-2)8-4-7-34-9-11-35(12-10-34)13-14-40-27(37)28(29,30)31/h3,5-6,15-18H,4,7-14H2,1-2H3,(H,32,33). The molecule has 4 aromatic rings. The minimum Gasteiger partial charge on any atom is -0.493 e. The molecule has 0 bridgehead atoms. The summed E-state index contributed by atoms with van der Waals surface area (Å²) in [5, 5.41) is 2.08. The summed E-state index contributed by atoms with van der Waals surface area (Å²) >= 11 is 0. The number of halogens is 3. The number of benzene rings is 1. The highest BCUT2D eigenvalue weighted by atomic mass is 19.4. The lowest BCUT2D eigenvalue weighted by Crippen LogP contribution is -2.47. The van der Waals surface area contributed by atoms with Crippen LogP contribution in [0.1, 0.15) is 6.42 Å². The number of pyridine rings is 1. The van der Waals surface area contributed by atoms with Crippen LogP contribution in [-0.4, -0.2) is 96.6 Å². The zero-order valence-corrected chi connectivity index (χ0v) is 22.5. The molecular weight excluding hydrogens is 527 g/mol. The van der Waals surface area contributed by atoms with Gasteiger partial charge in [-0.2, -0.15) is 13.2 Å². The van der Waals surface area contributed by atoms with Crippen molar-refractivity contribution in [2.75, 3.05) is 60.1 Å². The van der Waals surface area contributed by atoms with Crippen LogP contribution in [0.3, 0.4) is 0 Å². The van der Waals surface area contributed by atoms with Crippen molar-refractivity contribution >= 4 is 27.9 Å². The number of hydrogen-bond donors (Lipinski definition) is 1. The van der Waals surface area contributed by atoms with Gasteiger partial charge in [-0.05, 0) is 37.2 Å². The van der Waals surface area contributed by atoms with Crippen LogP contribution in [0, 0.1) is 0 Å². The summed E-state index contributed by atoms with van der Waals surface area (Å²) < 4.78 is 54.6. The van der Waals surface area contributed by atoms with E-state index in [2.05, 4.69) is 36.4 Å². The highest BCUT2D eigenvalue weighted by Crippen LogP contribution is 2.39. The molecule has 40 heavy (non-hydrogen) atoms. The van der Waals surface area contributed by atoms with Gasteiger partial charge in [0.05, 0.1) is 19.7 Å². The second kappa shape index (κ2) is 11.8. The van der Waals surface area contributed by atoms with Crippen molar-refractivity contribution in [3.05, 3.63) is 42.7 Å². The van der Waals surface area contributed by atoms with E-state index in [-0.39, 0.29) is 6.61 Å². The summed E-state index contributed by atoms with van der Waals surface area (Å²) in [6, 6.07) is 10.0. The number of alkyl halides is 3. The molecule has 214 valence electrons. The van der Waals surface area contributed by atoms with Gasteiger partial charge in [-0.1, -0.05) is 0 Å². The third-order valence-corrected chi connectivity index (χ3v) is 7.28. The molecule has 0 spiro atoms. The normalized spacial score (nSPS) is 15.1. The fourth-order valence-electron chi connectivity index (χ4n) is 5.17. The molecule has 1 saturated heterocycles. The number of fused-ring (bicyclic) bond motifs is 2. The maximum absolute atomic E-state index is 12.3. The molecule has 3 aromatic heterocycles. The summed E-state index contributed by atoms with van der Waals surface area (Å²) in [7, 11) is 3.25. The highest BCUT2D eigenvalue weighted by molar-refractivity contribution is 5.99. The molecule has 12 heteroatoms. The van der Waals surface area contributed by atoms with E-state index in [1.165, 1.54) is 0 Å². The summed E-state index contributed by atoms with van der Waals surface area (Å²) in [5.74, 6) is -0.811. The van der Waals surface area contributed by atoms with Crippen LogP contribution in [0.25, 0.3) is 33.2 Å². The fraction of sp³-hybridized carbons (Fsp3) is 0.429. The minimum atomic E-state index is -4.95. The predicted octanol–water partition coefficient (Wildman–Crippen LogP) is 4.32. The molecular formula is C28H32F3N5O4. The van der Waals surface area contributed by atoms with E-state index in [1.54, 1.807) is 20.4 Å². The number of aromatic amines is 1. The molecule has 0 saturated carbocycles. The van der Waals surface area contributed by atoms with Crippen LogP contribution in [0.2, 0.25) is 0 Å². The van der Waals surface area contributed by atoms with Crippen molar-refractivity contribution in [1.82, 2.24) is 24.3 Å². The molecule has 1 aliphatic heterocycles. The van der Waals surface area contributed by atoms with Gasteiger partial charge in [-0.25, -0.2) is 9.78 Å². The van der Waals surface area contributed by atoms with E-state index in [0.29, 0.717) is 31.1 Å². The number of nitrogens with zero attached hydrogens (tertiary/aromatic N) is 4. The lowest BCUT2D eigenvalue weighted by Gasteiger charge is -2.34. The minimum absolute atomic E-state index is 0.262. The molecule has 1 aromatic carbocycles. The number of ether oxygens (including phenoxy) is 3.